The van der Waals surface area contributed by atoms with Gasteiger partial charge in [-0.2, -0.15) is 4.99 Å². The Bertz CT molecular complexity index is 1680. The number of nitrogens with one attached hydrogen (secondary N) is 1. The molecule has 0 aliphatic heterocycles. The maximum atomic E-state index is 12.8. The molecule has 1 N–H and O–H groups in total. The Kier molecular flexibility index (Phi) is 9.60. The van der Waals surface area contributed by atoms with Crippen LogP contribution >= 0.6 is 22.7 Å². The van der Waals surface area contributed by atoms with E-state index in [-0.39, 0.29) is 28.5 Å². The predicted molar refractivity (Wildman–Crippen MR) is 153 cm³/mol. The highest BCUT2D eigenvalue weighted by Crippen LogP contribution is 2.39. The molecule has 2 heterocycles. The summed E-state index contributed by atoms with van der Waals surface area (Å²) in [6.07, 6.45) is 2.31. The van der Waals surface area contributed by atoms with E-state index in [1.807, 2.05) is 6.92 Å². The average Bonchev–Trinajstić information content (AvgIpc) is 3.56. The Balaban J connectivity index is 1.53. The SMILES string of the molecule is CCOC(=O)Cn1c(=NC(=O)CS(=O)(=O)CC(=O)Nc2sc3c(c2C(=O)OC)CCC3)sc2cc(OCC)ccc21. The Morgan fingerprint density at radius 2 is 1.85 bits per heavy atom. The lowest BCUT2D eigenvalue weighted by atomic mass is 10.1. The maximum absolute atomic E-state index is 12.8. The summed E-state index contributed by atoms with van der Waals surface area (Å²) in [6.45, 7) is 3.87. The van der Waals surface area contributed by atoms with Crippen LogP contribution in [0.1, 0.15) is 41.1 Å². The third kappa shape index (κ3) is 7.21. The van der Waals surface area contributed by atoms with Crippen molar-refractivity contribution in [2.45, 2.75) is 39.7 Å². The van der Waals surface area contributed by atoms with Crippen LogP contribution in [0, 0.1) is 0 Å². The molecule has 3 aromatic rings. The van der Waals surface area contributed by atoms with Crippen LogP contribution in [0.15, 0.2) is 23.2 Å². The van der Waals surface area contributed by atoms with Crippen LogP contribution in [0.2, 0.25) is 0 Å². The number of thiazole rings is 1. The molecule has 1 aromatic carbocycles. The second-order valence-electron chi connectivity index (χ2n) is 8.98. The smallest absolute Gasteiger partial charge is 0.341 e. The van der Waals surface area contributed by atoms with Gasteiger partial charge in [0.15, 0.2) is 14.6 Å². The number of benzene rings is 1. The van der Waals surface area contributed by atoms with Gasteiger partial charge in [0.25, 0.3) is 5.91 Å². The lowest BCUT2D eigenvalue weighted by molar-refractivity contribution is -0.143. The molecule has 15 heteroatoms. The summed E-state index contributed by atoms with van der Waals surface area (Å²) >= 11 is 2.30. The normalized spacial score (nSPS) is 13.2. The second kappa shape index (κ2) is 13.0. The summed E-state index contributed by atoms with van der Waals surface area (Å²) in [7, 11) is -2.99. The number of hydrogen-bond donors (Lipinski definition) is 1. The number of hydrogen-bond acceptors (Lipinski definition) is 11. The molecule has 1 aliphatic carbocycles. The van der Waals surface area contributed by atoms with E-state index >= 15 is 0 Å². The van der Waals surface area contributed by atoms with Gasteiger partial charge in [-0.05, 0) is 56.9 Å². The van der Waals surface area contributed by atoms with Gasteiger partial charge in [0.1, 0.15) is 28.8 Å². The van der Waals surface area contributed by atoms with Gasteiger partial charge in [-0.25, -0.2) is 13.2 Å². The molecule has 0 unspecified atom stereocenters. The minimum atomic E-state index is -4.23. The third-order valence-electron chi connectivity index (χ3n) is 6.04. The van der Waals surface area contributed by atoms with E-state index in [1.165, 1.54) is 23.0 Å². The molecule has 0 saturated carbocycles. The number of nitrogens with zero attached hydrogens (tertiary/aromatic N) is 2. The molecule has 0 radical (unpaired) electrons. The lowest BCUT2D eigenvalue weighted by Crippen LogP contribution is -2.29. The van der Waals surface area contributed by atoms with E-state index in [9.17, 15) is 27.6 Å². The number of methoxy groups -OCH3 is 1. The number of sulfone groups is 1. The molecule has 2 amide bonds. The van der Waals surface area contributed by atoms with Crippen LogP contribution in [0.3, 0.4) is 0 Å². The van der Waals surface area contributed by atoms with Crippen LogP contribution in [0.5, 0.6) is 5.75 Å². The highest BCUT2D eigenvalue weighted by Gasteiger charge is 2.29. The van der Waals surface area contributed by atoms with Crippen LogP contribution in [0.4, 0.5) is 5.00 Å². The number of amides is 2. The summed E-state index contributed by atoms with van der Waals surface area (Å²) in [6, 6.07) is 5.16. The van der Waals surface area contributed by atoms with Crippen molar-refractivity contribution >= 4 is 71.5 Å². The maximum Gasteiger partial charge on any atom is 0.341 e. The van der Waals surface area contributed by atoms with Crippen LogP contribution < -0.4 is 14.9 Å². The third-order valence-corrected chi connectivity index (χ3v) is 9.67. The fraction of sp³-hybridized carbons (Fsp3) is 0.423. The van der Waals surface area contributed by atoms with Gasteiger partial charge in [-0.15, -0.1) is 11.3 Å². The van der Waals surface area contributed by atoms with Crippen molar-refractivity contribution in [1.29, 1.82) is 0 Å². The summed E-state index contributed by atoms with van der Waals surface area (Å²) in [4.78, 5) is 55.0. The van der Waals surface area contributed by atoms with Gasteiger partial charge < -0.3 is 24.1 Å². The molecule has 1 aliphatic rings. The van der Waals surface area contributed by atoms with E-state index < -0.39 is 45.1 Å². The van der Waals surface area contributed by atoms with Crippen LogP contribution in [-0.4, -0.2) is 68.6 Å². The van der Waals surface area contributed by atoms with E-state index in [0.29, 0.717) is 29.0 Å². The number of esters is 2. The average molecular weight is 624 g/mol. The molecule has 2 aromatic heterocycles. The summed E-state index contributed by atoms with van der Waals surface area (Å²) in [5.41, 5.74) is 1.64. The molecule has 220 valence electrons. The standard InChI is InChI=1S/C26H29N3O9S3/c1-4-37-15-9-10-17-19(11-15)40-26(29(17)12-22(32)38-5-2)28-21(31)14-41(34,35)13-20(30)27-24-23(25(33)36-3)16-7-6-8-18(16)39-24/h9-11H,4-8,12-14H2,1-3H3,(H,27,30). The minimum Gasteiger partial charge on any atom is -0.494 e. The minimum absolute atomic E-state index is 0.0992. The zero-order valence-corrected chi connectivity index (χ0v) is 25.1. The molecule has 0 atom stereocenters. The fourth-order valence-corrected chi connectivity index (χ4v) is 7.82. The molecule has 0 bridgehead atoms. The quantitative estimate of drug-likeness (QED) is 0.317. The van der Waals surface area contributed by atoms with Gasteiger partial charge in [0.05, 0.1) is 36.1 Å². The van der Waals surface area contributed by atoms with Crippen molar-refractivity contribution < 1.29 is 41.8 Å². The van der Waals surface area contributed by atoms with Gasteiger partial charge in [-0.1, -0.05) is 11.3 Å². The molecule has 0 fully saturated rings. The predicted octanol–water partition coefficient (Wildman–Crippen LogP) is 2.48. The second-order valence-corrected chi connectivity index (χ2v) is 13.2. The van der Waals surface area contributed by atoms with Crippen molar-refractivity contribution in [1.82, 2.24) is 4.57 Å². The summed E-state index contributed by atoms with van der Waals surface area (Å²) < 4.78 is 43.0. The van der Waals surface area contributed by atoms with E-state index in [2.05, 4.69) is 10.3 Å². The molecule has 0 saturated heterocycles. The number of carbonyl (C=O) groups is 4. The van der Waals surface area contributed by atoms with Crippen LogP contribution in [0.25, 0.3) is 10.2 Å². The topological polar surface area (TPSA) is 159 Å². The lowest BCUT2D eigenvalue weighted by Gasteiger charge is -2.07. The molecule has 4 rings (SSSR count). The largest absolute Gasteiger partial charge is 0.494 e. The highest BCUT2D eigenvalue weighted by atomic mass is 32.2. The van der Waals surface area contributed by atoms with Crippen molar-refractivity contribution in [2.75, 3.05) is 37.1 Å². The molecular weight excluding hydrogens is 594 g/mol. The number of aryl methyl sites for hydroxylation is 1. The number of anilines is 1. The van der Waals surface area contributed by atoms with Gasteiger partial charge >= 0.3 is 11.9 Å². The molecule has 12 nitrogen and oxygen atoms in total. The number of aromatic nitrogens is 1. The number of rotatable bonds is 11. The van der Waals surface area contributed by atoms with Crippen molar-refractivity contribution in [3.63, 3.8) is 0 Å². The first kappa shape index (κ1) is 30.4. The van der Waals surface area contributed by atoms with Crippen molar-refractivity contribution in [3.8, 4) is 5.75 Å². The van der Waals surface area contributed by atoms with Gasteiger partial charge in [0, 0.05) is 4.88 Å². The Morgan fingerprint density at radius 1 is 1.07 bits per heavy atom. The van der Waals surface area contributed by atoms with E-state index in [1.54, 1.807) is 25.1 Å². The monoisotopic (exact) mass is 623 g/mol. The number of carbonyl (C=O) groups excluding carboxylic acids is 4. The molecule has 41 heavy (non-hydrogen) atoms. The van der Waals surface area contributed by atoms with Crippen LogP contribution in [-0.2, 0) is 53.1 Å². The first-order valence-electron chi connectivity index (χ1n) is 12.8. The first-order chi connectivity index (χ1) is 19.5. The molecular formula is C26H29N3O9S3. The fourth-order valence-electron chi connectivity index (χ4n) is 4.43. The summed E-state index contributed by atoms with van der Waals surface area (Å²) in [5.74, 6) is -4.47. The van der Waals surface area contributed by atoms with Crippen molar-refractivity contribution in [2.24, 2.45) is 4.99 Å². The van der Waals surface area contributed by atoms with E-state index in [4.69, 9.17) is 14.2 Å². The van der Waals surface area contributed by atoms with Gasteiger partial charge in [0.2, 0.25) is 5.91 Å². The Labute approximate surface area is 243 Å². The zero-order chi connectivity index (χ0) is 29.7. The Hall–Kier alpha value is -3.56. The highest BCUT2D eigenvalue weighted by molar-refractivity contribution is 7.92. The first-order valence-corrected chi connectivity index (χ1v) is 16.2. The summed E-state index contributed by atoms with van der Waals surface area (Å²) in [5, 5.41) is 2.73. The molecule has 0 spiro atoms. The zero-order valence-electron chi connectivity index (χ0n) is 22.7. The van der Waals surface area contributed by atoms with Gasteiger partial charge in [-0.3, -0.25) is 14.4 Å². The number of fused-ring (bicyclic) bond motifs is 2. The number of ether oxygens (including phenoxy) is 3. The van der Waals surface area contributed by atoms with Crippen molar-refractivity contribution in [3.05, 3.63) is 39.0 Å². The Morgan fingerprint density at radius 3 is 2.56 bits per heavy atom. The number of thiophene rings is 1. The van der Waals surface area contributed by atoms with E-state index in [0.717, 1.165) is 34.6 Å².